The second kappa shape index (κ2) is 10.1. The second-order valence-electron chi connectivity index (χ2n) is 9.51. The fraction of sp³-hybridized carbons (Fsp3) is 0.300. The number of furan rings is 2. The van der Waals surface area contributed by atoms with Gasteiger partial charge in [0, 0.05) is 40.7 Å². The van der Waals surface area contributed by atoms with E-state index in [1.54, 1.807) is 11.2 Å². The van der Waals surface area contributed by atoms with Gasteiger partial charge in [0.1, 0.15) is 11.3 Å². The lowest BCUT2D eigenvalue weighted by molar-refractivity contribution is -0.120. The van der Waals surface area contributed by atoms with Gasteiger partial charge in [0.25, 0.3) is 5.91 Å². The Bertz CT molecular complexity index is 1510. The zero-order valence-electron chi connectivity index (χ0n) is 21.7. The number of rotatable bonds is 6. The van der Waals surface area contributed by atoms with E-state index in [0.29, 0.717) is 18.7 Å². The lowest BCUT2D eigenvalue weighted by atomic mass is 9.93. The highest BCUT2D eigenvalue weighted by Crippen LogP contribution is 2.32. The average Bonchev–Trinajstić information content (AvgIpc) is 3.47. The summed E-state index contributed by atoms with van der Waals surface area (Å²) in [6, 6.07) is 13.6. The Balaban J connectivity index is 1.36. The van der Waals surface area contributed by atoms with Crippen molar-refractivity contribution in [2.24, 2.45) is 5.10 Å². The largest absolute Gasteiger partial charge is 0.464 e. The first-order valence-electron chi connectivity index (χ1n) is 12.7. The van der Waals surface area contributed by atoms with Crippen LogP contribution >= 0.6 is 0 Å². The van der Waals surface area contributed by atoms with E-state index in [2.05, 4.69) is 10.5 Å². The molecule has 0 saturated carbocycles. The molecule has 2 amide bonds. The molecule has 0 atom stereocenters. The number of fused-ring (bicyclic) bond motifs is 2. The van der Waals surface area contributed by atoms with Gasteiger partial charge in [-0.15, -0.1) is 0 Å². The molecule has 0 spiro atoms. The third-order valence-electron chi connectivity index (χ3n) is 7.16. The molecule has 5 rings (SSSR count). The van der Waals surface area contributed by atoms with Gasteiger partial charge in [-0.25, -0.2) is 5.43 Å². The van der Waals surface area contributed by atoms with Gasteiger partial charge in [0.05, 0.1) is 18.4 Å². The van der Waals surface area contributed by atoms with Crippen molar-refractivity contribution in [3.8, 4) is 0 Å². The number of carbonyl (C=O) groups excluding carboxylic acids is 2. The molecule has 2 aromatic carbocycles. The lowest BCUT2D eigenvalue weighted by Crippen LogP contribution is -2.30. The van der Waals surface area contributed by atoms with Crippen LogP contribution in [0.1, 0.15) is 63.9 Å². The van der Waals surface area contributed by atoms with Crippen LogP contribution < -0.4 is 10.3 Å². The topological polar surface area (TPSA) is 88.0 Å². The SMILES string of the molecule is CCN(C(=O)c1oc2c(c1C)/C(=N/NC(=O)Cc1coc3c(C)c(C)ccc13)CCC2)c1ccccc1. The fourth-order valence-corrected chi connectivity index (χ4v) is 5.03. The number of nitrogens with one attached hydrogen (secondary N) is 1. The molecule has 2 aromatic heterocycles. The van der Waals surface area contributed by atoms with Crippen molar-refractivity contribution in [2.45, 2.75) is 53.4 Å². The van der Waals surface area contributed by atoms with E-state index in [1.807, 2.05) is 70.2 Å². The number of hydrogen-bond donors (Lipinski definition) is 1. The number of nitrogens with zero attached hydrogens (tertiary/aromatic N) is 2. The molecule has 1 aliphatic carbocycles. The monoisotopic (exact) mass is 497 g/mol. The van der Waals surface area contributed by atoms with Crippen molar-refractivity contribution in [3.63, 3.8) is 0 Å². The molecule has 37 heavy (non-hydrogen) atoms. The van der Waals surface area contributed by atoms with Crippen LogP contribution in [0.4, 0.5) is 5.69 Å². The van der Waals surface area contributed by atoms with Crippen molar-refractivity contribution in [3.05, 3.63) is 88.1 Å². The number of carbonyl (C=O) groups is 2. The molecule has 7 heteroatoms. The number of anilines is 1. The van der Waals surface area contributed by atoms with Crippen LogP contribution in [0, 0.1) is 20.8 Å². The number of benzene rings is 2. The van der Waals surface area contributed by atoms with Gasteiger partial charge >= 0.3 is 0 Å². The van der Waals surface area contributed by atoms with E-state index in [1.165, 1.54) is 0 Å². The number of hydrogen-bond acceptors (Lipinski definition) is 5. The highest BCUT2D eigenvalue weighted by atomic mass is 16.4. The number of aryl methyl sites for hydroxylation is 3. The Morgan fingerprint density at radius 3 is 2.57 bits per heavy atom. The Labute approximate surface area is 216 Å². The maximum Gasteiger partial charge on any atom is 0.294 e. The van der Waals surface area contributed by atoms with E-state index in [-0.39, 0.29) is 18.2 Å². The summed E-state index contributed by atoms with van der Waals surface area (Å²) in [5, 5.41) is 5.42. The van der Waals surface area contributed by atoms with Crippen LogP contribution in [0.5, 0.6) is 0 Å². The minimum absolute atomic E-state index is 0.162. The number of para-hydroxylation sites is 1. The van der Waals surface area contributed by atoms with E-state index in [0.717, 1.165) is 68.8 Å². The maximum atomic E-state index is 13.4. The van der Waals surface area contributed by atoms with Gasteiger partial charge in [-0.05, 0) is 63.8 Å². The molecule has 0 unspecified atom stereocenters. The molecule has 0 fully saturated rings. The third-order valence-corrected chi connectivity index (χ3v) is 7.16. The summed E-state index contributed by atoms with van der Waals surface area (Å²) < 4.78 is 11.8. The van der Waals surface area contributed by atoms with Gasteiger partial charge in [0.15, 0.2) is 5.76 Å². The minimum atomic E-state index is -0.223. The summed E-state index contributed by atoms with van der Waals surface area (Å²) in [5.74, 6) is 0.670. The Morgan fingerprint density at radius 2 is 1.81 bits per heavy atom. The summed E-state index contributed by atoms with van der Waals surface area (Å²) in [6.07, 6.45) is 4.07. The molecular weight excluding hydrogens is 466 g/mol. The summed E-state index contributed by atoms with van der Waals surface area (Å²) in [7, 11) is 0. The molecule has 4 aromatic rings. The van der Waals surface area contributed by atoms with Crippen molar-refractivity contribution < 1.29 is 18.4 Å². The molecule has 1 N–H and O–H groups in total. The quantitative estimate of drug-likeness (QED) is 0.330. The van der Waals surface area contributed by atoms with Gasteiger partial charge in [-0.2, -0.15) is 5.10 Å². The summed E-state index contributed by atoms with van der Waals surface area (Å²) in [5.41, 5.74) is 9.73. The van der Waals surface area contributed by atoms with Crippen LogP contribution in [0.15, 0.2) is 62.7 Å². The van der Waals surface area contributed by atoms with Crippen molar-refractivity contribution >= 4 is 34.2 Å². The van der Waals surface area contributed by atoms with E-state index < -0.39 is 0 Å². The molecule has 190 valence electrons. The van der Waals surface area contributed by atoms with Crippen LogP contribution in [0.2, 0.25) is 0 Å². The Hall–Kier alpha value is -4.13. The molecule has 2 heterocycles. The Kier molecular flexibility index (Phi) is 6.70. The molecule has 7 nitrogen and oxygen atoms in total. The second-order valence-corrected chi connectivity index (χ2v) is 9.51. The lowest BCUT2D eigenvalue weighted by Gasteiger charge is -2.20. The molecule has 0 saturated heterocycles. The van der Waals surface area contributed by atoms with Gasteiger partial charge in [-0.3, -0.25) is 9.59 Å². The third kappa shape index (κ3) is 4.57. The first-order valence-corrected chi connectivity index (χ1v) is 12.7. The average molecular weight is 498 g/mol. The predicted molar refractivity (Wildman–Crippen MR) is 144 cm³/mol. The minimum Gasteiger partial charge on any atom is -0.464 e. The smallest absolute Gasteiger partial charge is 0.294 e. The zero-order chi connectivity index (χ0) is 26.1. The van der Waals surface area contributed by atoms with Crippen molar-refractivity contribution in [1.82, 2.24) is 5.43 Å². The Morgan fingerprint density at radius 1 is 1.03 bits per heavy atom. The van der Waals surface area contributed by atoms with Crippen LogP contribution in [0.25, 0.3) is 11.0 Å². The maximum absolute atomic E-state index is 13.4. The standard InChI is InChI=1S/C30H31N3O4/c1-5-33(22-10-7-6-8-11-22)30(35)29-20(4)27-24(12-9-13-25(27)37-29)31-32-26(34)16-21-17-36-28-19(3)18(2)14-15-23(21)28/h6-8,10-11,14-15,17H,5,9,12-13,16H2,1-4H3,(H,32,34)/b31-24+. The predicted octanol–water partition coefficient (Wildman–Crippen LogP) is 6.02. The van der Waals surface area contributed by atoms with Gasteiger partial charge < -0.3 is 13.7 Å². The van der Waals surface area contributed by atoms with E-state index >= 15 is 0 Å². The molecule has 1 aliphatic rings. The van der Waals surface area contributed by atoms with Crippen molar-refractivity contribution in [1.29, 1.82) is 0 Å². The first kappa shape index (κ1) is 24.6. The highest BCUT2D eigenvalue weighted by molar-refractivity contribution is 6.10. The number of amides is 2. The van der Waals surface area contributed by atoms with E-state index in [4.69, 9.17) is 8.83 Å². The fourth-order valence-electron chi connectivity index (χ4n) is 5.03. The number of hydrazone groups is 1. The highest BCUT2D eigenvalue weighted by Gasteiger charge is 2.30. The summed E-state index contributed by atoms with van der Waals surface area (Å²) >= 11 is 0. The summed E-state index contributed by atoms with van der Waals surface area (Å²) in [6.45, 7) is 8.41. The van der Waals surface area contributed by atoms with Gasteiger partial charge in [-0.1, -0.05) is 30.3 Å². The van der Waals surface area contributed by atoms with Crippen LogP contribution in [-0.4, -0.2) is 24.1 Å². The molecule has 0 bridgehead atoms. The summed E-state index contributed by atoms with van der Waals surface area (Å²) in [4.78, 5) is 27.9. The van der Waals surface area contributed by atoms with E-state index in [9.17, 15) is 9.59 Å². The first-order chi connectivity index (χ1) is 17.9. The molecular formula is C30H31N3O4. The van der Waals surface area contributed by atoms with Crippen molar-refractivity contribution in [2.75, 3.05) is 11.4 Å². The van der Waals surface area contributed by atoms with Crippen LogP contribution in [0.3, 0.4) is 0 Å². The normalized spacial score (nSPS) is 14.1. The zero-order valence-corrected chi connectivity index (χ0v) is 21.7. The molecule has 0 aliphatic heterocycles. The van der Waals surface area contributed by atoms with Crippen LogP contribution in [-0.2, 0) is 17.6 Å². The molecule has 0 radical (unpaired) electrons. The van der Waals surface area contributed by atoms with Gasteiger partial charge in [0.2, 0.25) is 5.91 Å².